The molecule has 2 aliphatic rings. The Morgan fingerprint density at radius 2 is 2.20 bits per heavy atom. The van der Waals surface area contributed by atoms with Crippen LogP contribution in [0.2, 0.25) is 0 Å². The molecule has 15 heavy (non-hydrogen) atoms. The maximum Gasteiger partial charge on any atom is 0.122 e. The van der Waals surface area contributed by atoms with Gasteiger partial charge in [-0.05, 0) is 38.6 Å². The Kier molecular flexibility index (Phi) is 3.57. The second kappa shape index (κ2) is 4.93. The average molecular weight is 209 g/mol. The fourth-order valence-corrected chi connectivity index (χ4v) is 2.77. The molecule has 84 valence electrons. The van der Waals surface area contributed by atoms with E-state index in [4.69, 9.17) is 0 Å². The largest absolute Gasteiger partial charge is 0.314 e. The summed E-state index contributed by atoms with van der Waals surface area (Å²) in [6.45, 7) is 3.24. The van der Waals surface area contributed by atoms with Gasteiger partial charge in [0.25, 0.3) is 0 Å². The highest BCUT2D eigenvalue weighted by molar-refractivity contribution is 5.11. The lowest BCUT2D eigenvalue weighted by molar-refractivity contribution is 0.157. The van der Waals surface area contributed by atoms with E-state index in [1.54, 1.807) is 6.08 Å². The van der Waals surface area contributed by atoms with Gasteiger partial charge in [0, 0.05) is 12.0 Å². The van der Waals surface area contributed by atoms with Gasteiger partial charge < -0.3 is 5.32 Å². The zero-order valence-electron chi connectivity index (χ0n) is 9.33. The van der Waals surface area contributed by atoms with Gasteiger partial charge in [-0.2, -0.15) is 0 Å². The normalized spacial score (nSPS) is 41.5. The zero-order valence-corrected chi connectivity index (χ0v) is 9.33. The first-order chi connectivity index (χ1) is 7.27. The molecule has 0 radical (unpaired) electrons. The fraction of sp³-hybridized carbons (Fsp3) is 0.692. The van der Waals surface area contributed by atoms with Crippen molar-refractivity contribution >= 4 is 0 Å². The third-order valence-corrected chi connectivity index (χ3v) is 3.63. The molecular formula is C13H20FN. The molecule has 0 bridgehead atoms. The molecule has 4 atom stereocenters. The molecule has 0 amide bonds. The molecule has 1 saturated heterocycles. The van der Waals surface area contributed by atoms with Crippen molar-refractivity contribution in [1.82, 2.24) is 5.32 Å². The number of alkyl halides is 1. The summed E-state index contributed by atoms with van der Waals surface area (Å²) in [6.07, 6.45) is 10.0. The predicted molar refractivity (Wildman–Crippen MR) is 61.5 cm³/mol. The van der Waals surface area contributed by atoms with Gasteiger partial charge in [-0.1, -0.05) is 24.3 Å². The predicted octanol–water partition coefficient (Wildman–Crippen LogP) is 2.84. The quantitative estimate of drug-likeness (QED) is 0.700. The molecule has 1 heterocycles. The fourth-order valence-electron chi connectivity index (χ4n) is 2.77. The maximum absolute atomic E-state index is 13.9. The number of rotatable bonds is 1. The molecule has 1 unspecified atom stereocenters. The van der Waals surface area contributed by atoms with Crippen LogP contribution in [0.4, 0.5) is 4.39 Å². The maximum atomic E-state index is 13.9. The highest BCUT2D eigenvalue weighted by atomic mass is 19.1. The van der Waals surface area contributed by atoms with E-state index < -0.39 is 6.17 Å². The number of hydrogen-bond donors (Lipinski definition) is 1. The highest BCUT2D eigenvalue weighted by Gasteiger charge is 2.30. The van der Waals surface area contributed by atoms with Crippen molar-refractivity contribution in [3.63, 3.8) is 0 Å². The topological polar surface area (TPSA) is 12.0 Å². The van der Waals surface area contributed by atoms with Gasteiger partial charge in [0.05, 0.1) is 0 Å². The summed E-state index contributed by atoms with van der Waals surface area (Å²) in [4.78, 5) is 0. The summed E-state index contributed by atoms with van der Waals surface area (Å²) >= 11 is 0. The number of allylic oxidation sites excluding steroid dienone is 4. The second-order valence-electron chi connectivity index (χ2n) is 4.80. The molecule has 2 rings (SSSR count). The van der Waals surface area contributed by atoms with Crippen LogP contribution in [0.15, 0.2) is 24.3 Å². The standard InChI is InChI=1S/C13H20FN/c1-10-9-11(7-8-15-10)12-5-3-2-4-6-13(12)14/h2-4,6,10-13,15H,5,7-9H2,1H3/t10-,11?,12-,13-/m1/s1. The summed E-state index contributed by atoms with van der Waals surface area (Å²) in [5, 5.41) is 3.42. The van der Waals surface area contributed by atoms with Crippen molar-refractivity contribution in [2.75, 3.05) is 6.54 Å². The van der Waals surface area contributed by atoms with Crippen LogP contribution in [0.3, 0.4) is 0 Å². The van der Waals surface area contributed by atoms with Crippen LogP contribution in [0.25, 0.3) is 0 Å². The van der Waals surface area contributed by atoms with E-state index in [9.17, 15) is 4.39 Å². The van der Waals surface area contributed by atoms with E-state index >= 15 is 0 Å². The molecule has 1 nitrogen and oxygen atoms in total. The molecule has 1 N–H and O–H groups in total. The Morgan fingerprint density at radius 1 is 1.33 bits per heavy atom. The Morgan fingerprint density at radius 3 is 3.00 bits per heavy atom. The molecule has 0 aromatic heterocycles. The van der Waals surface area contributed by atoms with Crippen LogP contribution in [0.5, 0.6) is 0 Å². The zero-order chi connectivity index (χ0) is 10.7. The smallest absolute Gasteiger partial charge is 0.122 e. The number of hydrogen-bond acceptors (Lipinski definition) is 1. The third kappa shape index (κ3) is 2.69. The van der Waals surface area contributed by atoms with Gasteiger partial charge in [0.15, 0.2) is 0 Å². The average Bonchev–Trinajstić information content (AvgIpc) is 2.43. The van der Waals surface area contributed by atoms with Crippen molar-refractivity contribution in [2.45, 2.75) is 38.4 Å². The Bertz CT molecular complexity index is 259. The molecular weight excluding hydrogens is 189 g/mol. The first-order valence-corrected chi connectivity index (χ1v) is 5.98. The minimum atomic E-state index is -0.754. The van der Waals surface area contributed by atoms with E-state index in [1.165, 1.54) is 0 Å². The minimum Gasteiger partial charge on any atom is -0.314 e. The van der Waals surface area contributed by atoms with Gasteiger partial charge in [0.1, 0.15) is 6.17 Å². The first kappa shape index (κ1) is 10.9. The van der Waals surface area contributed by atoms with Crippen LogP contribution in [0, 0.1) is 11.8 Å². The molecule has 1 aliphatic carbocycles. The third-order valence-electron chi connectivity index (χ3n) is 3.63. The van der Waals surface area contributed by atoms with Crippen LogP contribution >= 0.6 is 0 Å². The van der Waals surface area contributed by atoms with E-state index in [1.807, 2.05) is 12.2 Å². The van der Waals surface area contributed by atoms with Crippen LogP contribution in [-0.4, -0.2) is 18.8 Å². The Labute approximate surface area is 91.4 Å². The lowest BCUT2D eigenvalue weighted by atomic mass is 9.78. The summed E-state index contributed by atoms with van der Waals surface area (Å²) < 4.78 is 13.9. The lowest BCUT2D eigenvalue weighted by Gasteiger charge is -2.34. The van der Waals surface area contributed by atoms with E-state index in [0.29, 0.717) is 12.0 Å². The Hall–Kier alpha value is -0.630. The molecule has 1 fully saturated rings. The summed E-state index contributed by atoms with van der Waals surface area (Å²) in [7, 11) is 0. The SMILES string of the molecule is C[C@@H]1CC([C@H]2CC=CC=C[C@H]2F)CCN1. The van der Waals surface area contributed by atoms with Crippen LogP contribution in [-0.2, 0) is 0 Å². The van der Waals surface area contributed by atoms with E-state index in [2.05, 4.69) is 18.3 Å². The van der Waals surface area contributed by atoms with Crippen molar-refractivity contribution in [1.29, 1.82) is 0 Å². The van der Waals surface area contributed by atoms with Gasteiger partial charge in [-0.15, -0.1) is 0 Å². The molecule has 0 spiro atoms. The molecule has 1 aliphatic heterocycles. The molecule has 0 aromatic carbocycles. The van der Waals surface area contributed by atoms with Crippen LogP contribution in [0.1, 0.15) is 26.2 Å². The van der Waals surface area contributed by atoms with Crippen LogP contribution < -0.4 is 5.32 Å². The minimum absolute atomic E-state index is 0.199. The first-order valence-electron chi connectivity index (χ1n) is 5.98. The van der Waals surface area contributed by atoms with Gasteiger partial charge in [-0.25, -0.2) is 4.39 Å². The van der Waals surface area contributed by atoms with E-state index in [0.717, 1.165) is 25.8 Å². The van der Waals surface area contributed by atoms with Gasteiger partial charge in [0.2, 0.25) is 0 Å². The van der Waals surface area contributed by atoms with Gasteiger partial charge >= 0.3 is 0 Å². The molecule has 0 saturated carbocycles. The second-order valence-corrected chi connectivity index (χ2v) is 4.80. The summed E-state index contributed by atoms with van der Waals surface area (Å²) in [5.41, 5.74) is 0. The number of piperidine rings is 1. The van der Waals surface area contributed by atoms with Crippen molar-refractivity contribution in [3.8, 4) is 0 Å². The highest BCUT2D eigenvalue weighted by Crippen LogP contribution is 2.32. The monoisotopic (exact) mass is 209 g/mol. The Balaban J connectivity index is 2.01. The summed E-state index contributed by atoms with van der Waals surface area (Å²) in [6, 6.07) is 0.548. The van der Waals surface area contributed by atoms with E-state index in [-0.39, 0.29) is 5.92 Å². The van der Waals surface area contributed by atoms with Crippen molar-refractivity contribution in [3.05, 3.63) is 24.3 Å². The lowest BCUT2D eigenvalue weighted by Crippen LogP contribution is -2.40. The van der Waals surface area contributed by atoms with Gasteiger partial charge in [-0.3, -0.25) is 0 Å². The molecule has 2 heteroatoms. The van der Waals surface area contributed by atoms with Crippen molar-refractivity contribution < 1.29 is 4.39 Å². The molecule has 0 aromatic rings. The number of nitrogens with one attached hydrogen (secondary N) is 1. The number of halogens is 1. The summed E-state index contributed by atoms with van der Waals surface area (Å²) in [5.74, 6) is 0.744. The van der Waals surface area contributed by atoms with Crippen molar-refractivity contribution in [2.24, 2.45) is 11.8 Å².